The summed E-state index contributed by atoms with van der Waals surface area (Å²) in [6.07, 6.45) is 1.38. The number of methoxy groups -OCH3 is 1. The van der Waals surface area contributed by atoms with E-state index in [1.165, 1.54) is 19.2 Å². The van der Waals surface area contributed by atoms with Gasteiger partial charge in [-0.3, -0.25) is 14.5 Å². The summed E-state index contributed by atoms with van der Waals surface area (Å²) in [4.78, 5) is 25.6. The quantitative estimate of drug-likeness (QED) is 0.643. The first-order valence-corrected chi connectivity index (χ1v) is 8.28. The number of likely N-dealkylation sites (tertiary alicyclic amines) is 1. The van der Waals surface area contributed by atoms with Crippen molar-refractivity contribution >= 4 is 52.4 Å². The Kier molecular flexibility index (Phi) is 6.53. The Balaban J connectivity index is 1.87. The fourth-order valence-electron chi connectivity index (χ4n) is 2.50. The highest BCUT2D eigenvalue weighted by molar-refractivity contribution is 6.44. The SMILES string of the molecule is COC(=O)C1CCN(CC(=O)Nc2cc(Cl)c(Cl)cc2Cl)CC1. The van der Waals surface area contributed by atoms with Crippen LogP contribution in [0.15, 0.2) is 12.1 Å². The molecule has 0 spiro atoms. The fourth-order valence-corrected chi connectivity index (χ4v) is 3.10. The van der Waals surface area contributed by atoms with Crippen molar-refractivity contribution in [1.82, 2.24) is 4.90 Å². The van der Waals surface area contributed by atoms with E-state index in [1.807, 2.05) is 4.90 Å². The molecule has 0 atom stereocenters. The van der Waals surface area contributed by atoms with Gasteiger partial charge in [-0.25, -0.2) is 0 Å². The molecular weight excluding hydrogens is 363 g/mol. The molecule has 0 bridgehead atoms. The van der Waals surface area contributed by atoms with E-state index in [1.54, 1.807) is 0 Å². The first-order chi connectivity index (χ1) is 10.9. The number of carbonyl (C=O) groups excluding carboxylic acids is 2. The first-order valence-electron chi connectivity index (χ1n) is 7.15. The maximum atomic E-state index is 12.1. The summed E-state index contributed by atoms with van der Waals surface area (Å²) in [6, 6.07) is 3.01. The minimum Gasteiger partial charge on any atom is -0.469 e. The molecule has 1 N–H and O–H groups in total. The normalized spacial score (nSPS) is 16.2. The Bertz CT molecular complexity index is 602. The molecule has 2 rings (SSSR count). The Morgan fingerprint density at radius 1 is 1.17 bits per heavy atom. The number of halogens is 3. The topological polar surface area (TPSA) is 58.6 Å². The Morgan fingerprint density at radius 3 is 2.39 bits per heavy atom. The van der Waals surface area contributed by atoms with Crippen molar-refractivity contribution in [3.63, 3.8) is 0 Å². The van der Waals surface area contributed by atoms with E-state index in [2.05, 4.69) is 5.32 Å². The summed E-state index contributed by atoms with van der Waals surface area (Å²) < 4.78 is 4.74. The van der Waals surface area contributed by atoms with Crippen molar-refractivity contribution in [3.05, 3.63) is 27.2 Å². The second kappa shape index (κ2) is 8.20. The smallest absolute Gasteiger partial charge is 0.308 e. The highest BCUT2D eigenvalue weighted by Gasteiger charge is 2.26. The number of ether oxygens (including phenoxy) is 1. The average molecular weight is 380 g/mol. The number of benzene rings is 1. The number of nitrogens with one attached hydrogen (secondary N) is 1. The zero-order valence-electron chi connectivity index (χ0n) is 12.6. The number of amides is 1. The van der Waals surface area contributed by atoms with Gasteiger partial charge in [0.15, 0.2) is 0 Å². The third-order valence-corrected chi connectivity index (χ3v) is 4.81. The minimum absolute atomic E-state index is 0.0798. The van der Waals surface area contributed by atoms with Crippen molar-refractivity contribution in [2.24, 2.45) is 5.92 Å². The van der Waals surface area contributed by atoms with Gasteiger partial charge in [-0.15, -0.1) is 0 Å². The molecule has 0 unspecified atom stereocenters. The highest BCUT2D eigenvalue weighted by atomic mass is 35.5. The number of piperidine rings is 1. The highest BCUT2D eigenvalue weighted by Crippen LogP contribution is 2.32. The lowest BCUT2D eigenvalue weighted by molar-refractivity contribution is -0.147. The molecule has 0 saturated carbocycles. The average Bonchev–Trinajstić information content (AvgIpc) is 2.52. The Hall–Kier alpha value is -1.01. The molecule has 1 saturated heterocycles. The van der Waals surface area contributed by atoms with Crippen LogP contribution in [0.5, 0.6) is 0 Å². The summed E-state index contributed by atoms with van der Waals surface area (Å²) in [7, 11) is 1.39. The number of carbonyl (C=O) groups is 2. The molecule has 23 heavy (non-hydrogen) atoms. The van der Waals surface area contributed by atoms with Gasteiger partial charge < -0.3 is 10.1 Å². The van der Waals surface area contributed by atoms with Gasteiger partial charge in [-0.05, 0) is 38.1 Å². The van der Waals surface area contributed by atoms with Crippen LogP contribution in [0, 0.1) is 5.92 Å². The molecule has 1 fully saturated rings. The van der Waals surface area contributed by atoms with Gasteiger partial charge in [0, 0.05) is 0 Å². The number of nitrogens with zero attached hydrogens (tertiary/aromatic N) is 1. The monoisotopic (exact) mass is 378 g/mol. The van der Waals surface area contributed by atoms with Crippen molar-refractivity contribution in [1.29, 1.82) is 0 Å². The van der Waals surface area contributed by atoms with E-state index in [4.69, 9.17) is 39.5 Å². The van der Waals surface area contributed by atoms with E-state index in [-0.39, 0.29) is 24.3 Å². The molecule has 1 aliphatic heterocycles. The third-order valence-electron chi connectivity index (χ3n) is 3.77. The maximum Gasteiger partial charge on any atom is 0.308 e. The van der Waals surface area contributed by atoms with E-state index >= 15 is 0 Å². The number of esters is 1. The molecule has 1 aromatic carbocycles. The molecule has 126 valence electrons. The zero-order valence-corrected chi connectivity index (χ0v) is 14.8. The first kappa shape index (κ1) is 18.3. The fraction of sp³-hybridized carbons (Fsp3) is 0.467. The van der Waals surface area contributed by atoms with Gasteiger partial charge in [-0.2, -0.15) is 0 Å². The van der Waals surface area contributed by atoms with E-state index < -0.39 is 0 Å². The maximum absolute atomic E-state index is 12.1. The van der Waals surface area contributed by atoms with Crippen LogP contribution < -0.4 is 5.32 Å². The van der Waals surface area contributed by atoms with Gasteiger partial charge in [0.1, 0.15) is 0 Å². The van der Waals surface area contributed by atoms with E-state index in [0.717, 1.165) is 0 Å². The third kappa shape index (κ3) is 4.98. The zero-order chi connectivity index (χ0) is 17.0. The Labute approximate surface area is 149 Å². The molecule has 5 nitrogen and oxygen atoms in total. The van der Waals surface area contributed by atoms with E-state index in [9.17, 15) is 9.59 Å². The lowest BCUT2D eigenvalue weighted by Gasteiger charge is -2.30. The van der Waals surface area contributed by atoms with Gasteiger partial charge in [0.25, 0.3) is 0 Å². The predicted octanol–water partition coefficient (Wildman–Crippen LogP) is 3.47. The second-order valence-electron chi connectivity index (χ2n) is 5.37. The van der Waals surface area contributed by atoms with Gasteiger partial charge in [0.2, 0.25) is 5.91 Å². The van der Waals surface area contributed by atoms with Gasteiger partial charge in [0.05, 0.1) is 40.3 Å². The van der Waals surface area contributed by atoms with Crippen LogP contribution in [-0.4, -0.2) is 43.5 Å². The predicted molar refractivity (Wildman–Crippen MR) is 91.3 cm³/mol. The van der Waals surface area contributed by atoms with Crippen LogP contribution in [0.3, 0.4) is 0 Å². The molecule has 1 amide bonds. The molecule has 0 radical (unpaired) electrons. The number of hydrogen-bond donors (Lipinski definition) is 1. The standard InChI is InChI=1S/C15H17Cl3N2O3/c1-23-15(22)9-2-4-20(5-3-9)8-14(21)19-13-7-11(17)10(16)6-12(13)18/h6-7,9H,2-5,8H2,1H3,(H,19,21). The summed E-state index contributed by atoms with van der Waals surface area (Å²) in [5.41, 5.74) is 0.426. The molecule has 1 aliphatic rings. The number of rotatable bonds is 4. The lowest BCUT2D eigenvalue weighted by atomic mass is 9.97. The summed E-state index contributed by atoms with van der Waals surface area (Å²) in [6.45, 7) is 1.56. The number of hydrogen-bond acceptors (Lipinski definition) is 4. The number of anilines is 1. The van der Waals surface area contributed by atoms with Crippen LogP contribution in [0.25, 0.3) is 0 Å². The van der Waals surface area contributed by atoms with Crippen LogP contribution in [-0.2, 0) is 14.3 Å². The summed E-state index contributed by atoms with van der Waals surface area (Å²) in [5, 5.41) is 3.71. The molecule has 0 aromatic heterocycles. The van der Waals surface area contributed by atoms with Crippen molar-refractivity contribution < 1.29 is 14.3 Å². The van der Waals surface area contributed by atoms with E-state index in [0.29, 0.717) is 46.7 Å². The second-order valence-corrected chi connectivity index (χ2v) is 6.59. The molecule has 1 aromatic rings. The summed E-state index contributed by atoms with van der Waals surface area (Å²) >= 11 is 17.8. The van der Waals surface area contributed by atoms with Crippen molar-refractivity contribution in [3.8, 4) is 0 Å². The van der Waals surface area contributed by atoms with Crippen LogP contribution in [0.4, 0.5) is 5.69 Å². The molecule has 1 heterocycles. The van der Waals surface area contributed by atoms with Crippen molar-refractivity contribution in [2.45, 2.75) is 12.8 Å². The molecule has 8 heteroatoms. The van der Waals surface area contributed by atoms with Crippen LogP contribution >= 0.6 is 34.8 Å². The van der Waals surface area contributed by atoms with Crippen molar-refractivity contribution in [2.75, 3.05) is 32.1 Å². The molecular formula is C15H17Cl3N2O3. The van der Waals surface area contributed by atoms with Gasteiger partial charge >= 0.3 is 5.97 Å². The molecule has 0 aliphatic carbocycles. The largest absolute Gasteiger partial charge is 0.469 e. The van der Waals surface area contributed by atoms with Crippen LogP contribution in [0.2, 0.25) is 15.1 Å². The Morgan fingerprint density at radius 2 is 1.78 bits per heavy atom. The minimum atomic E-state index is -0.193. The van der Waals surface area contributed by atoms with Gasteiger partial charge in [-0.1, -0.05) is 34.8 Å². The summed E-state index contributed by atoms with van der Waals surface area (Å²) in [5.74, 6) is -0.456. The van der Waals surface area contributed by atoms with Crippen LogP contribution in [0.1, 0.15) is 12.8 Å². The lowest BCUT2D eigenvalue weighted by Crippen LogP contribution is -2.41.